The number of nitrogens with zero attached hydrogens (tertiary/aromatic N) is 2. The van der Waals surface area contributed by atoms with E-state index >= 15 is 0 Å². The van der Waals surface area contributed by atoms with Crippen LogP contribution >= 0.6 is 0 Å². The minimum absolute atomic E-state index is 0.0101. The van der Waals surface area contributed by atoms with Gasteiger partial charge in [0.2, 0.25) is 0 Å². The van der Waals surface area contributed by atoms with E-state index in [1.54, 1.807) is 36.7 Å². The molecule has 0 amide bonds. The average molecular weight is 622 g/mol. The molecular formula is C33H37F2N5O3S. The first-order valence-corrected chi connectivity index (χ1v) is 16.1. The molecule has 11 heteroatoms. The zero-order valence-electron chi connectivity index (χ0n) is 24.8. The highest BCUT2D eigenvalue weighted by Gasteiger charge is 2.18. The lowest BCUT2D eigenvalue weighted by Crippen LogP contribution is -2.15. The second-order valence-corrected chi connectivity index (χ2v) is 12.0. The number of para-hydroxylation sites is 1. The van der Waals surface area contributed by atoms with Crippen LogP contribution in [0.5, 0.6) is 5.75 Å². The molecule has 0 fully saturated rings. The maximum atomic E-state index is 14.7. The summed E-state index contributed by atoms with van der Waals surface area (Å²) in [5.41, 5.74) is 2.45. The summed E-state index contributed by atoms with van der Waals surface area (Å²) >= 11 is 0. The molecule has 44 heavy (non-hydrogen) atoms. The summed E-state index contributed by atoms with van der Waals surface area (Å²) in [7, 11) is -0.918. The molecule has 0 spiro atoms. The quantitative estimate of drug-likeness (QED) is 0.165. The van der Waals surface area contributed by atoms with Crippen LogP contribution < -0.4 is 15.4 Å². The van der Waals surface area contributed by atoms with Gasteiger partial charge in [-0.3, -0.25) is 9.62 Å². The Kier molecular flexibility index (Phi) is 11.9. The Hall–Kier alpha value is -4.22. The minimum Gasteiger partial charge on any atom is -0.491 e. The van der Waals surface area contributed by atoms with E-state index in [0.29, 0.717) is 41.6 Å². The third kappa shape index (κ3) is 9.14. The standard InChI is InChI=1S/C33H37F2N5O3S/c1-22-8-3-4-10-24(14-13-22)39-32-23(9-7-17-44(2)42)20-38-33(40-32)31(36)26-11-5-6-12-30(26)37-21-27-28(34)18-25(19-29(27)35)43-16-15-41/h3-6,10-14,18-20,22,36-37,41H,7-9,15-17,21H2,1-2H3,(H,38,39,40)/b4-3+,14-13-,24-10+,36-31?/t22?,44-/m1/s1. The van der Waals surface area contributed by atoms with Crippen LogP contribution in [0.3, 0.4) is 0 Å². The van der Waals surface area contributed by atoms with Crippen molar-refractivity contribution >= 4 is 28.0 Å². The number of aliphatic hydroxyl groups excluding tert-OH is 1. The van der Waals surface area contributed by atoms with Gasteiger partial charge in [-0.1, -0.05) is 43.4 Å². The summed E-state index contributed by atoms with van der Waals surface area (Å²) in [5, 5.41) is 24.3. The highest BCUT2D eigenvalue weighted by atomic mass is 32.2. The van der Waals surface area contributed by atoms with Crippen molar-refractivity contribution in [3.63, 3.8) is 0 Å². The monoisotopic (exact) mass is 621 g/mol. The number of rotatable bonds is 14. The van der Waals surface area contributed by atoms with Crippen molar-refractivity contribution in [3.8, 4) is 5.75 Å². The number of allylic oxidation sites excluding steroid dienone is 5. The van der Waals surface area contributed by atoms with E-state index in [2.05, 4.69) is 34.7 Å². The van der Waals surface area contributed by atoms with Crippen LogP contribution in [0.25, 0.3) is 0 Å². The van der Waals surface area contributed by atoms with E-state index in [1.165, 1.54) is 0 Å². The molecule has 0 saturated heterocycles. The second-order valence-electron chi connectivity index (χ2n) is 10.4. The molecule has 0 bridgehead atoms. The van der Waals surface area contributed by atoms with Crippen molar-refractivity contribution in [1.29, 1.82) is 5.41 Å². The highest BCUT2D eigenvalue weighted by molar-refractivity contribution is 7.84. The van der Waals surface area contributed by atoms with Crippen molar-refractivity contribution in [3.05, 3.63) is 113 Å². The predicted molar refractivity (Wildman–Crippen MR) is 172 cm³/mol. The fourth-order valence-corrected chi connectivity index (χ4v) is 5.08. The molecule has 1 aliphatic carbocycles. The van der Waals surface area contributed by atoms with Gasteiger partial charge in [-0.2, -0.15) is 0 Å². The molecule has 0 aliphatic heterocycles. The van der Waals surface area contributed by atoms with Gasteiger partial charge in [0.05, 0.1) is 6.61 Å². The maximum Gasteiger partial charge on any atom is 0.180 e. The zero-order valence-corrected chi connectivity index (χ0v) is 25.6. The van der Waals surface area contributed by atoms with Crippen LogP contribution in [0.4, 0.5) is 20.3 Å². The van der Waals surface area contributed by atoms with Crippen LogP contribution in [-0.4, -0.2) is 50.2 Å². The molecule has 1 aliphatic rings. The van der Waals surface area contributed by atoms with Crippen LogP contribution in [-0.2, 0) is 23.8 Å². The molecule has 4 N–H and O–H groups in total. The Bertz CT molecular complexity index is 1570. The molecule has 1 unspecified atom stereocenters. The predicted octanol–water partition coefficient (Wildman–Crippen LogP) is 5.91. The summed E-state index contributed by atoms with van der Waals surface area (Å²) < 4.78 is 46.2. The normalized spacial score (nSPS) is 17.8. The lowest BCUT2D eigenvalue weighted by Gasteiger charge is -2.16. The van der Waals surface area contributed by atoms with E-state index in [4.69, 9.17) is 20.2 Å². The first kappa shape index (κ1) is 32.7. The number of anilines is 2. The van der Waals surface area contributed by atoms with Crippen molar-refractivity contribution in [1.82, 2.24) is 9.97 Å². The first-order chi connectivity index (χ1) is 21.2. The van der Waals surface area contributed by atoms with E-state index in [9.17, 15) is 13.0 Å². The minimum atomic E-state index is -0.918. The fourth-order valence-electron chi connectivity index (χ4n) is 4.53. The average Bonchev–Trinajstić information content (AvgIpc) is 2.99. The zero-order chi connectivity index (χ0) is 31.5. The van der Waals surface area contributed by atoms with Gasteiger partial charge in [-0.15, -0.1) is 0 Å². The van der Waals surface area contributed by atoms with Crippen LogP contribution in [0, 0.1) is 23.0 Å². The van der Waals surface area contributed by atoms with Gasteiger partial charge < -0.3 is 20.5 Å². The highest BCUT2D eigenvalue weighted by Crippen LogP contribution is 2.25. The molecule has 1 aromatic heterocycles. The number of nitrogens with one attached hydrogen (secondary N) is 3. The van der Waals surface area contributed by atoms with Gasteiger partial charge in [-0.25, -0.2) is 18.7 Å². The Morgan fingerprint density at radius 2 is 2.00 bits per heavy atom. The van der Waals surface area contributed by atoms with E-state index < -0.39 is 22.4 Å². The van der Waals surface area contributed by atoms with Gasteiger partial charge in [0, 0.05) is 75.8 Å². The molecule has 232 valence electrons. The van der Waals surface area contributed by atoms with Gasteiger partial charge in [0.25, 0.3) is 0 Å². The topological polar surface area (TPSA) is 120 Å². The molecular weight excluding hydrogens is 584 g/mol. The summed E-state index contributed by atoms with van der Waals surface area (Å²) in [6.07, 6.45) is 15.8. The van der Waals surface area contributed by atoms with Crippen LogP contribution in [0.2, 0.25) is 0 Å². The number of ether oxygens (including phenoxy) is 1. The largest absolute Gasteiger partial charge is 0.491 e. The van der Waals surface area contributed by atoms with Gasteiger partial charge in [-0.05, 0) is 43.4 Å². The molecule has 4 rings (SSSR count). The van der Waals surface area contributed by atoms with E-state index in [1.807, 2.05) is 18.2 Å². The van der Waals surface area contributed by atoms with Gasteiger partial charge in [0.1, 0.15) is 35.5 Å². The summed E-state index contributed by atoms with van der Waals surface area (Å²) in [4.78, 5) is 9.23. The summed E-state index contributed by atoms with van der Waals surface area (Å²) in [6.45, 7) is 1.61. The maximum absolute atomic E-state index is 14.7. The summed E-state index contributed by atoms with van der Waals surface area (Å²) in [5.74, 6) is 0.0718. The number of aryl methyl sites for hydroxylation is 1. The number of benzene rings is 2. The number of halogens is 2. The Labute approximate surface area is 259 Å². The Morgan fingerprint density at radius 3 is 2.75 bits per heavy atom. The van der Waals surface area contributed by atoms with Crippen molar-refractivity contribution in [2.45, 2.75) is 32.7 Å². The SMILES string of the molecule is CC1\C=C/C(Nc2nc(C(=N)c3ccccc3NCc3c(F)cc(OCCO)cc3F)ncc2CCC[S@@](C)=O)=C\C=C\C1. The van der Waals surface area contributed by atoms with Crippen molar-refractivity contribution in [2.24, 2.45) is 5.92 Å². The van der Waals surface area contributed by atoms with Crippen LogP contribution in [0.15, 0.2) is 78.7 Å². The van der Waals surface area contributed by atoms with Crippen molar-refractivity contribution < 1.29 is 22.8 Å². The third-order valence-corrected chi connectivity index (χ3v) is 7.74. The molecule has 2 aromatic carbocycles. The van der Waals surface area contributed by atoms with E-state index in [-0.39, 0.29) is 42.6 Å². The molecule has 0 saturated carbocycles. The van der Waals surface area contributed by atoms with Gasteiger partial charge >= 0.3 is 0 Å². The van der Waals surface area contributed by atoms with Gasteiger partial charge in [0.15, 0.2) is 5.82 Å². The number of hydrogen-bond acceptors (Lipinski definition) is 8. The molecule has 2 atom stereocenters. The Balaban J connectivity index is 1.59. The molecule has 3 aromatic rings. The molecule has 8 nitrogen and oxygen atoms in total. The molecule has 0 radical (unpaired) electrons. The number of aliphatic hydroxyl groups is 1. The lowest BCUT2D eigenvalue weighted by atomic mass is 10.0. The molecule has 1 heterocycles. The fraction of sp³-hybridized carbons (Fsp3) is 0.303. The second kappa shape index (κ2) is 16.0. The summed E-state index contributed by atoms with van der Waals surface area (Å²) in [6, 6.07) is 9.10. The third-order valence-electron chi connectivity index (χ3n) is 6.88. The van der Waals surface area contributed by atoms with Crippen molar-refractivity contribution in [2.75, 3.05) is 35.9 Å². The lowest BCUT2D eigenvalue weighted by molar-refractivity contribution is 0.200. The number of hydrogen-bond donors (Lipinski definition) is 4. The first-order valence-electron chi connectivity index (χ1n) is 14.4. The smallest absolute Gasteiger partial charge is 0.180 e. The van der Waals surface area contributed by atoms with Crippen LogP contribution in [0.1, 0.15) is 42.3 Å². The van der Waals surface area contributed by atoms with E-state index in [0.717, 1.165) is 29.8 Å². The Morgan fingerprint density at radius 1 is 1.23 bits per heavy atom. The number of aromatic nitrogens is 2.